The van der Waals surface area contributed by atoms with Gasteiger partial charge in [-0.05, 0) is 32.3 Å². The van der Waals surface area contributed by atoms with Crippen LogP contribution in [0.3, 0.4) is 0 Å². The zero-order valence-corrected chi connectivity index (χ0v) is 15.2. The minimum Gasteiger partial charge on any atom is -0.377 e. The van der Waals surface area contributed by atoms with Crippen molar-refractivity contribution in [1.29, 1.82) is 0 Å². The summed E-state index contributed by atoms with van der Waals surface area (Å²) >= 11 is 0. The van der Waals surface area contributed by atoms with E-state index < -0.39 is 0 Å². The Hall–Kier alpha value is -1.88. The first-order valence-corrected chi connectivity index (χ1v) is 9.18. The number of likely N-dealkylation sites (tertiary alicyclic amines) is 1. The van der Waals surface area contributed by atoms with E-state index in [1.807, 2.05) is 54.0 Å². The largest absolute Gasteiger partial charge is 0.377 e. The second-order valence-corrected chi connectivity index (χ2v) is 7.70. The molecular weight excluding hydrogens is 316 g/mol. The fourth-order valence-corrected chi connectivity index (χ4v) is 3.77. The fourth-order valence-electron chi connectivity index (χ4n) is 3.77. The number of rotatable bonds is 3. The molecule has 136 valence electrons. The number of carbonyl (C=O) groups is 2. The van der Waals surface area contributed by atoms with Crippen LogP contribution in [0.4, 0.5) is 0 Å². The molecule has 0 spiro atoms. The number of hydrogen-bond donors (Lipinski definition) is 0. The van der Waals surface area contributed by atoms with Crippen LogP contribution in [0.15, 0.2) is 30.3 Å². The zero-order chi connectivity index (χ0) is 17.9. The third kappa shape index (κ3) is 4.21. The Morgan fingerprint density at radius 3 is 2.68 bits per heavy atom. The van der Waals surface area contributed by atoms with Gasteiger partial charge in [0.1, 0.15) is 0 Å². The quantitative estimate of drug-likeness (QED) is 0.844. The lowest BCUT2D eigenvalue weighted by atomic mass is 9.92. The van der Waals surface area contributed by atoms with Gasteiger partial charge in [0.15, 0.2) is 0 Å². The van der Waals surface area contributed by atoms with E-state index in [4.69, 9.17) is 4.74 Å². The number of benzene rings is 1. The molecule has 0 aliphatic carbocycles. The van der Waals surface area contributed by atoms with Crippen molar-refractivity contribution < 1.29 is 14.3 Å². The Labute approximate surface area is 149 Å². The molecule has 5 heteroatoms. The molecule has 2 fully saturated rings. The smallest absolute Gasteiger partial charge is 0.228 e. The Kier molecular flexibility index (Phi) is 5.42. The minimum atomic E-state index is -0.272. The van der Waals surface area contributed by atoms with E-state index in [2.05, 4.69) is 0 Å². The maximum absolute atomic E-state index is 13.0. The molecule has 1 atom stereocenters. The molecule has 5 nitrogen and oxygen atoms in total. The molecule has 2 saturated heterocycles. The predicted octanol–water partition coefficient (Wildman–Crippen LogP) is 2.11. The van der Waals surface area contributed by atoms with Crippen molar-refractivity contribution in [2.75, 3.05) is 32.8 Å². The normalized spacial score (nSPS) is 23.4. The highest BCUT2D eigenvalue weighted by Crippen LogP contribution is 2.26. The molecule has 1 aromatic carbocycles. The van der Waals surface area contributed by atoms with Crippen LogP contribution >= 0.6 is 0 Å². The van der Waals surface area contributed by atoms with Gasteiger partial charge in [-0.2, -0.15) is 0 Å². The monoisotopic (exact) mass is 344 g/mol. The first-order chi connectivity index (χ1) is 12.0. The summed E-state index contributed by atoms with van der Waals surface area (Å²) in [4.78, 5) is 29.5. The maximum atomic E-state index is 13.0. The molecule has 2 amide bonds. The van der Waals surface area contributed by atoms with Crippen LogP contribution in [0.2, 0.25) is 0 Å². The van der Waals surface area contributed by atoms with E-state index in [-0.39, 0.29) is 23.3 Å². The highest BCUT2D eigenvalue weighted by Gasteiger charge is 2.39. The number of carbonyl (C=O) groups excluding carboxylic acids is 2. The Morgan fingerprint density at radius 2 is 1.96 bits per heavy atom. The summed E-state index contributed by atoms with van der Waals surface area (Å²) in [5, 5.41) is 0. The van der Waals surface area contributed by atoms with Crippen LogP contribution in [0, 0.1) is 5.92 Å². The lowest BCUT2D eigenvalue weighted by Crippen LogP contribution is -2.58. The summed E-state index contributed by atoms with van der Waals surface area (Å²) in [7, 11) is 0. The lowest BCUT2D eigenvalue weighted by molar-refractivity contribution is -0.153. The van der Waals surface area contributed by atoms with Crippen LogP contribution in [-0.4, -0.2) is 60.0 Å². The number of hydrogen-bond acceptors (Lipinski definition) is 3. The van der Waals surface area contributed by atoms with Crippen molar-refractivity contribution >= 4 is 11.8 Å². The number of piperidine rings is 1. The van der Waals surface area contributed by atoms with E-state index in [9.17, 15) is 9.59 Å². The van der Waals surface area contributed by atoms with Gasteiger partial charge in [-0.15, -0.1) is 0 Å². The number of ether oxygens (including phenoxy) is 1. The van der Waals surface area contributed by atoms with E-state index in [0.29, 0.717) is 32.7 Å². The highest BCUT2D eigenvalue weighted by atomic mass is 16.5. The van der Waals surface area contributed by atoms with Crippen molar-refractivity contribution in [3.63, 3.8) is 0 Å². The molecule has 2 heterocycles. The van der Waals surface area contributed by atoms with Crippen LogP contribution in [0.1, 0.15) is 32.3 Å². The van der Waals surface area contributed by atoms with Crippen molar-refractivity contribution in [3.8, 4) is 0 Å². The summed E-state index contributed by atoms with van der Waals surface area (Å²) in [6.07, 6.45) is 2.16. The molecule has 3 rings (SSSR count). The second-order valence-electron chi connectivity index (χ2n) is 7.70. The first-order valence-electron chi connectivity index (χ1n) is 9.18. The van der Waals surface area contributed by atoms with Crippen molar-refractivity contribution in [2.45, 2.75) is 38.6 Å². The third-order valence-electron chi connectivity index (χ3n) is 5.23. The van der Waals surface area contributed by atoms with Gasteiger partial charge >= 0.3 is 0 Å². The van der Waals surface area contributed by atoms with Gasteiger partial charge in [0, 0.05) is 19.6 Å². The van der Waals surface area contributed by atoms with Crippen LogP contribution < -0.4 is 0 Å². The molecule has 1 unspecified atom stereocenters. The number of nitrogens with zero attached hydrogens (tertiary/aromatic N) is 2. The zero-order valence-electron chi connectivity index (χ0n) is 15.2. The van der Waals surface area contributed by atoms with E-state index in [1.165, 1.54) is 0 Å². The van der Waals surface area contributed by atoms with E-state index in [1.54, 1.807) is 0 Å². The molecule has 0 radical (unpaired) electrons. The predicted molar refractivity (Wildman–Crippen MR) is 96.1 cm³/mol. The molecule has 25 heavy (non-hydrogen) atoms. The highest BCUT2D eigenvalue weighted by molar-refractivity contribution is 5.83. The van der Waals surface area contributed by atoms with Gasteiger partial charge < -0.3 is 14.5 Å². The Balaban J connectivity index is 1.62. The fraction of sp³-hybridized carbons (Fsp3) is 0.600. The molecular formula is C20H28N2O3. The van der Waals surface area contributed by atoms with Gasteiger partial charge in [-0.1, -0.05) is 30.3 Å². The summed E-state index contributed by atoms with van der Waals surface area (Å²) in [6, 6.07) is 9.80. The van der Waals surface area contributed by atoms with Gasteiger partial charge in [0.05, 0.1) is 31.1 Å². The minimum absolute atomic E-state index is 0.0918. The summed E-state index contributed by atoms with van der Waals surface area (Å²) in [5.41, 5.74) is 0.751. The molecule has 0 bridgehead atoms. The molecule has 1 aromatic rings. The topological polar surface area (TPSA) is 49.9 Å². The first kappa shape index (κ1) is 17.9. The van der Waals surface area contributed by atoms with Gasteiger partial charge in [-0.25, -0.2) is 0 Å². The third-order valence-corrected chi connectivity index (χ3v) is 5.23. The summed E-state index contributed by atoms with van der Waals surface area (Å²) < 4.78 is 5.52. The van der Waals surface area contributed by atoms with Crippen LogP contribution in [0.25, 0.3) is 0 Å². The van der Waals surface area contributed by atoms with Gasteiger partial charge in [0.2, 0.25) is 11.8 Å². The average molecular weight is 344 g/mol. The molecule has 2 aliphatic heterocycles. The van der Waals surface area contributed by atoms with E-state index >= 15 is 0 Å². The summed E-state index contributed by atoms with van der Waals surface area (Å²) in [5.74, 6) is 0.196. The van der Waals surface area contributed by atoms with Crippen LogP contribution in [0.5, 0.6) is 0 Å². The van der Waals surface area contributed by atoms with Crippen LogP contribution in [-0.2, 0) is 20.7 Å². The Morgan fingerprint density at radius 1 is 1.20 bits per heavy atom. The number of amides is 2. The molecule has 0 saturated carbocycles. The maximum Gasteiger partial charge on any atom is 0.228 e. The average Bonchev–Trinajstić information content (AvgIpc) is 2.62. The molecule has 2 aliphatic rings. The Bertz CT molecular complexity index is 615. The molecule has 0 N–H and O–H groups in total. The van der Waals surface area contributed by atoms with Crippen molar-refractivity contribution in [1.82, 2.24) is 9.80 Å². The second kappa shape index (κ2) is 7.56. The van der Waals surface area contributed by atoms with E-state index in [0.717, 1.165) is 24.9 Å². The number of morpholine rings is 1. The SMILES string of the molecule is CC1(C)COCCN1C(=O)C1CCCN(C(=O)Cc2ccccc2)C1. The lowest BCUT2D eigenvalue weighted by Gasteiger charge is -2.45. The van der Waals surface area contributed by atoms with Gasteiger partial charge in [0.25, 0.3) is 0 Å². The standard InChI is InChI=1S/C20H28N2O3/c1-20(2)15-25-12-11-22(20)19(24)17-9-6-10-21(14-17)18(23)13-16-7-4-3-5-8-16/h3-5,7-8,17H,6,9-15H2,1-2H3. The van der Waals surface area contributed by atoms with Crippen molar-refractivity contribution in [2.24, 2.45) is 5.92 Å². The van der Waals surface area contributed by atoms with Crippen molar-refractivity contribution in [3.05, 3.63) is 35.9 Å². The van der Waals surface area contributed by atoms with Gasteiger partial charge in [-0.3, -0.25) is 9.59 Å². The molecule has 0 aromatic heterocycles. The summed E-state index contributed by atoms with van der Waals surface area (Å²) in [6.45, 7) is 7.19.